The highest BCUT2D eigenvalue weighted by Gasteiger charge is 2.24. The van der Waals surface area contributed by atoms with Crippen molar-refractivity contribution in [1.29, 1.82) is 0 Å². The minimum absolute atomic E-state index is 0.105. The van der Waals surface area contributed by atoms with E-state index in [9.17, 15) is 10.1 Å². The summed E-state index contributed by atoms with van der Waals surface area (Å²) in [6, 6.07) is 10.1. The molecular formula is C21H24ClN5O2. The number of fused-ring (bicyclic) bond motifs is 1. The van der Waals surface area contributed by atoms with Crippen LogP contribution in [0.25, 0.3) is 5.65 Å². The van der Waals surface area contributed by atoms with E-state index in [0.29, 0.717) is 12.3 Å². The van der Waals surface area contributed by atoms with Gasteiger partial charge in [0.05, 0.1) is 5.69 Å². The molecule has 1 fully saturated rings. The number of piperidine rings is 1. The number of rotatable bonds is 6. The van der Waals surface area contributed by atoms with Gasteiger partial charge in [0, 0.05) is 52.8 Å². The highest BCUT2D eigenvalue weighted by atomic mass is 35.5. The minimum atomic E-state index is -0.289. The van der Waals surface area contributed by atoms with Crippen molar-refractivity contribution in [3.8, 4) is 0 Å². The molecule has 1 aliphatic rings. The molecule has 1 unspecified atom stereocenters. The molecule has 0 amide bonds. The van der Waals surface area contributed by atoms with Gasteiger partial charge in [-0.05, 0) is 50.1 Å². The third-order valence-corrected chi connectivity index (χ3v) is 5.84. The van der Waals surface area contributed by atoms with Crippen molar-refractivity contribution in [2.45, 2.75) is 38.6 Å². The molecule has 1 saturated heterocycles. The molecule has 0 aliphatic carbocycles. The largest absolute Gasteiger partial charge is 0.298 e. The Labute approximate surface area is 174 Å². The van der Waals surface area contributed by atoms with Gasteiger partial charge >= 0.3 is 0 Å². The molecule has 152 valence electrons. The second-order valence-electron chi connectivity index (χ2n) is 7.69. The molecule has 1 aromatic carbocycles. The predicted octanol–water partition coefficient (Wildman–Crippen LogP) is 3.89. The topological polar surface area (TPSA) is 76.6 Å². The summed E-state index contributed by atoms with van der Waals surface area (Å²) in [5.74, 6) is 0.347. The molecule has 3 aromatic rings. The number of aromatic nitrogens is 3. The summed E-state index contributed by atoms with van der Waals surface area (Å²) < 4.78 is 1.74. The number of hydrogen-bond donors (Lipinski definition) is 0. The number of halogens is 1. The summed E-state index contributed by atoms with van der Waals surface area (Å²) >= 11 is 5.99. The number of hydrogen-bond acceptors (Lipinski definition) is 5. The van der Waals surface area contributed by atoms with E-state index in [-0.39, 0.29) is 11.5 Å². The van der Waals surface area contributed by atoms with Gasteiger partial charge < -0.3 is 0 Å². The quantitative estimate of drug-likeness (QED) is 0.452. The van der Waals surface area contributed by atoms with E-state index in [1.54, 1.807) is 4.52 Å². The third-order valence-electron chi connectivity index (χ3n) is 5.59. The van der Waals surface area contributed by atoms with E-state index in [1.165, 1.54) is 5.56 Å². The third kappa shape index (κ3) is 4.57. The summed E-state index contributed by atoms with van der Waals surface area (Å²) in [6.45, 7) is 4.70. The monoisotopic (exact) mass is 413 g/mol. The van der Waals surface area contributed by atoms with Gasteiger partial charge in [-0.1, -0.05) is 23.7 Å². The van der Waals surface area contributed by atoms with E-state index in [0.717, 1.165) is 60.1 Å². The van der Waals surface area contributed by atoms with Crippen molar-refractivity contribution in [2.75, 3.05) is 19.6 Å². The van der Waals surface area contributed by atoms with Crippen LogP contribution in [-0.2, 0) is 13.0 Å². The number of aryl methyl sites for hydroxylation is 1. The van der Waals surface area contributed by atoms with E-state index in [1.807, 2.05) is 31.3 Å². The Hall–Kier alpha value is -2.51. The van der Waals surface area contributed by atoms with Crippen LogP contribution in [0.15, 0.2) is 36.5 Å². The lowest BCUT2D eigenvalue weighted by atomic mass is 9.94. The number of nitrogens with zero attached hydrogens (tertiary/aromatic N) is 5. The molecule has 1 atom stereocenters. The lowest BCUT2D eigenvalue weighted by Crippen LogP contribution is -2.34. The molecule has 0 bridgehead atoms. The van der Waals surface area contributed by atoms with Crippen molar-refractivity contribution < 1.29 is 4.92 Å². The molecule has 0 saturated carbocycles. The average molecular weight is 414 g/mol. The highest BCUT2D eigenvalue weighted by molar-refractivity contribution is 6.30. The zero-order chi connectivity index (χ0) is 20.4. The molecule has 29 heavy (non-hydrogen) atoms. The molecular weight excluding hydrogens is 390 g/mol. The van der Waals surface area contributed by atoms with Crippen molar-refractivity contribution in [1.82, 2.24) is 19.5 Å². The maximum Gasteiger partial charge on any atom is 0.208 e. The smallest absolute Gasteiger partial charge is 0.208 e. The molecule has 3 heterocycles. The molecule has 8 heteroatoms. The SMILES string of the molecule is Cc1nn2ccc(C3CCCN(Cc4ccc(Cl)cc4)C3)nc2c1CC[N+](=O)[O-]. The van der Waals surface area contributed by atoms with Gasteiger partial charge in [-0.15, -0.1) is 0 Å². The van der Waals surface area contributed by atoms with Gasteiger partial charge in [0.25, 0.3) is 0 Å². The Morgan fingerprint density at radius 1 is 1.28 bits per heavy atom. The van der Waals surface area contributed by atoms with Gasteiger partial charge in [-0.25, -0.2) is 9.50 Å². The van der Waals surface area contributed by atoms with E-state index < -0.39 is 0 Å². The van der Waals surface area contributed by atoms with Crippen LogP contribution in [0.2, 0.25) is 5.02 Å². The van der Waals surface area contributed by atoms with Gasteiger partial charge in [0.15, 0.2) is 5.65 Å². The Morgan fingerprint density at radius 3 is 2.83 bits per heavy atom. The van der Waals surface area contributed by atoms with Crippen molar-refractivity contribution >= 4 is 17.2 Å². The molecule has 0 radical (unpaired) electrons. The summed E-state index contributed by atoms with van der Waals surface area (Å²) in [4.78, 5) is 17.9. The fourth-order valence-electron chi connectivity index (χ4n) is 4.11. The van der Waals surface area contributed by atoms with Crippen LogP contribution >= 0.6 is 11.6 Å². The van der Waals surface area contributed by atoms with Crippen LogP contribution in [0.3, 0.4) is 0 Å². The molecule has 2 aromatic heterocycles. The zero-order valence-electron chi connectivity index (χ0n) is 16.4. The lowest BCUT2D eigenvalue weighted by Gasteiger charge is -2.32. The first kappa shape index (κ1) is 19.8. The Bertz CT molecular complexity index is 1020. The Morgan fingerprint density at radius 2 is 2.07 bits per heavy atom. The number of nitro groups is 1. The second-order valence-corrected chi connectivity index (χ2v) is 8.13. The van der Waals surface area contributed by atoms with Crippen molar-refractivity contribution in [3.63, 3.8) is 0 Å². The fourth-order valence-corrected chi connectivity index (χ4v) is 4.24. The van der Waals surface area contributed by atoms with Crippen LogP contribution < -0.4 is 0 Å². The number of benzene rings is 1. The Balaban J connectivity index is 1.53. The molecule has 1 aliphatic heterocycles. The van der Waals surface area contributed by atoms with Crippen LogP contribution in [-0.4, -0.2) is 44.1 Å². The summed E-state index contributed by atoms with van der Waals surface area (Å²) in [5.41, 5.74) is 4.73. The maximum absolute atomic E-state index is 10.8. The fraction of sp³-hybridized carbons (Fsp3) is 0.429. The van der Waals surface area contributed by atoms with Crippen LogP contribution in [0.4, 0.5) is 0 Å². The summed E-state index contributed by atoms with van der Waals surface area (Å²) in [7, 11) is 0. The normalized spacial score (nSPS) is 17.7. The van der Waals surface area contributed by atoms with Gasteiger partial charge in [-0.3, -0.25) is 15.0 Å². The highest BCUT2D eigenvalue weighted by Crippen LogP contribution is 2.28. The van der Waals surface area contributed by atoms with Crippen LogP contribution in [0, 0.1) is 17.0 Å². The maximum atomic E-state index is 10.8. The number of likely N-dealkylation sites (tertiary alicyclic amines) is 1. The average Bonchev–Trinajstić information content (AvgIpc) is 3.02. The van der Waals surface area contributed by atoms with Gasteiger partial charge in [0.2, 0.25) is 6.54 Å². The molecule has 7 nitrogen and oxygen atoms in total. The minimum Gasteiger partial charge on any atom is -0.298 e. The molecule has 0 spiro atoms. The standard InChI is InChI=1S/C21H24ClN5O2/c1-15-19(8-12-27(28)29)21-23-20(9-11-26(21)24-15)17-3-2-10-25(14-17)13-16-4-6-18(22)7-5-16/h4-7,9,11,17H,2-3,8,10,12-14H2,1H3. The molecule has 4 rings (SSSR count). The lowest BCUT2D eigenvalue weighted by molar-refractivity contribution is -0.479. The van der Waals surface area contributed by atoms with Gasteiger partial charge in [-0.2, -0.15) is 5.10 Å². The van der Waals surface area contributed by atoms with E-state index in [2.05, 4.69) is 22.1 Å². The molecule has 0 N–H and O–H groups in total. The van der Waals surface area contributed by atoms with Crippen LogP contribution in [0.1, 0.15) is 41.3 Å². The first-order valence-electron chi connectivity index (χ1n) is 9.93. The predicted molar refractivity (Wildman–Crippen MR) is 112 cm³/mol. The first-order valence-corrected chi connectivity index (χ1v) is 10.3. The van der Waals surface area contributed by atoms with Crippen molar-refractivity contribution in [3.05, 3.63) is 74.2 Å². The van der Waals surface area contributed by atoms with E-state index >= 15 is 0 Å². The first-order chi connectivity index (χ1) is 14.0. The zero-order valence-corrected chi connectivity index (χ0v) is 17.2. The van der Waals surface area contributed by atoms with Gasteiger partial charge in [0.1, 0.15) is 0 Å². The van der Waals surface area contributed by atoms with E-state index in [4.69, 9.17) is 16.6 Å². The Kier molecular flexibility index (Phi) is 5.78. The van der Waals surface area contributed by atoms with Crippen LogP contribution in [0.5, 0.6) is 0 Å². The summed E-state index contributed by atoms with van der Waals surface area (Å²) in [5, 5.41) is 16.0. The summed E-state index contributed by atoms with van der Waals surface area (Å²) in [6.07, 6.45) is 4.50. The second kappa shape index (κ2) is 8.47. The van der Waals surface area contributed by atoms with Crippen molar-refractivity contribution in [2.24, 2.45) is 0 Å².